The first-order chi connectivity index (χ1) is 9.67. The quantitative estimate of drug-likeness (QED) is 0.704. The fourth-order valence-electron chi connectivity index (χ4n) is 3.55. The lowest BCUT2D eigenvalue weighted by Crippen LogP contribution is -2.56. The molecular weight excluding hydrogens is 252 g/mol. The Balaban J connectivity index is 2.76. The molecule has 0 aromatic heterocycles. The highest BCUT2D eigenvalue weighted by Crippen LogP contribution is 2.31. The summed E-state index contributed by atoms with van der Waals surface area (Å²) in [4.78, 5) is 2.59. The molecule has 4 atom stereocenters. The maximum atomic E-state index is 5.37. The summed E-state index contributed by atoms with van der Waals surface area (Å²) >= 11 is 0. The van der Waals surface area contributed by atoms with Gasteiger partial charge in [-0.2, -0.15) is 0 Å². The second kappa shape index (κ2) is 9.72. The normalized spacial score (nSPS) is 28.8. The van der Waals surface area contributed by atoms with Gasteiger partial charge in [0.2, 0.25) is 0 Å². The van der Waals surface area contributed by atoms with E-state index in [4.69, 9.17) is 9.47 Å². The lowest BCUT2D eigenvalue weighted by molar-refractivity contribution is 0.0141. The predicted molar refractivity (Wildman–Crippen MR) is 84.2 cm³/mol. The van der Waals surface area contributed by atoms with Crippen LogP contribution in [0.25, 0.3) is 0 Å². The average molecular weight is 286 g/mol. The Hall–Kier alpha value is -0.160. The molecule has 0 saturated heterocycles. The van der Waals surface area contributed by atoms with Gasteiger partial charge in [0.15, 0.2) is 0 Å². The number of nitrogens with one attached hydrogen (secondary N) is 1. The number of nitrogens with zero attached hydrogens (tertiary/aromatic N) is 1. The molecule has 4 unspecified atom stereocenters. The molecule has 0 heterocycles. The Labute approximate surface area is 125 Å². The number of methoxy groups -OCH3 is 2. The van der Waals surface area contributed by atoms with Gasteiger partial charge in [-0.1, -0.05) is 13.3 Å². The van der Waals surface area contributed by atoms with Gasteiger partial charge in [0.05, 0.1) is 13.2 Å². The van der Waals surface area contributed by atoms with Crippen molar-refractivity contribution in [3.8, 4) is 0 Å². The number of hydrogen-bond donors (Lipinski definition) is 1. The molecule has 0 radical (unpaired) electrons. The van der Waals surface area contributed by atoms with Gasteiger partial charge in [0.1, 0.15) is 0 Å². The summed E-state index contributed by atoms with van der Waals surface area (Å²) in [5.74, 6) is 0.865. The van der Waals surface area contributed by atoms with E-state index in [2.05, 4.69) is 31.1 Å². The van der Waals surface area contributed by atoms with E-state index in [1.807, 2.05) is 0 Å². The highest BCUT2D eigenvalue weighted by Gasteiger charge is 2.34. The Bertz CT molecular complexity index is 251. The van der Waals surface area contributed by atoms with Crippen molar-refractivity contribution in [2.45, 2.75) is 57.7 Å². The minimum absolute atomic E-state index is 0.437. The van der Waals surface area contributed by atoms with Crippen molar-refractivity contribution in [1.82, 2.24) is 10.2 Å². The van der Waals surface area contributed by atoms with E-state index >= 15 is 0 Å². The molecule has 0 aromatic rings. The first-order valence-electron chi connectivity index (χ1n) is 8.08. The molecule has 1 fully saturated rings. The van der Waals surface area contributed by atoms with Gasteiger partial charge in [-0.05, 0) is 39.2 Å². The van der Waals surface area contributed by atoms with Crippen molar-refractivity contribution in [3.63, 3.8) is 0 Å². The molecule has 0 amide bonds. The second-order valence-electron chi connectivity index (χ2n) is 6.08. The highest BCUT2D eigenvalue weighted by molar-refractivity contribution is 4.92. The Morgan fingerprint density at radius 3 is 2.55 bits per heavy atom. The fourth-order valence-corrected chi connectivity index (χ4v) is 3.55. The Morgan fingerprint density at radius 2 is 2.00 bits per heavy atom. The minimum Gasteiger partial charge on any atom is -0.383 e. The topological polar surface area (TPSA) is 33.7 Å². The van der Waals surface area contributed by atoms with E-state index in [-0.39, 0.29) is 0 Å². The molecule has 1 aliphatic rings. The molecule has 1 N–H and O–H groups in total. The molecule has 0 aliphatic heterocycles. The summed E-state index contributed by atoms with van der Waals surface area (Å²) in [7, 11) is 5.67. The van der Waals surface area contributed by atoms with Crippen LogP contribution in [0.15, 0.2) is 0 Å². The third kappa shape index (κ3) is 4.99. The van der Waals surface area contributed by atoms with Crippen molar-refractivity contribution in [3.05, 3.63) is 0 Å². The molecule has 4 nitrogen and oxygen atoms in total. The summed E-state index contributed by atoms with van der Waals surface area (Å²) in [5, 5.41) is 3.53. The molecule has 0 bridgehead atoms. The number of ether oxygens (including phenoxy) is 2. The third-order valence-corrected chi connectivity index (χ3v) is 4.83. The maximum Gasteiger partial charge on any atom is 0.0615 e. The van der Waals surface area contributed by atoms with Crippen LogP contribution < -0.4 is 5.32 Å². The van der Waals surface area contributed by atoms with Gasteiger partial charge >= 0.3 is 0 Å². The zero-order chi connectivity index (χ0) is 15.0. The summed E-state index contributed by atoms with van der Waals surface area (Å²) in [6.45, 7) is 7.15. The smallest absolute Gasteiger partial charge is 0.0615 e. The minimum atomic E-state index is 0.437. The maximum absolute atomic E-state index is 5.37. The Kier molecular flexibility index (Phi) is 8.69. The summed E-state index contributed by atoms with van der Waals surface area (Å²) < 4.78 is 10.7. The molecular formula is C16H34N2O2. The number of rotatable bonds is 9. The first kappa shape index (κ1) is 17.9. The molecule has 0 aromatic carbocycles. The molecule has 1 saturated carbocycles. The molecule has 120 valence electrons. The zero-order valence-corrected chi connectivity index (χ0v) is 14.0. The van der Waals surface area contributed by atoms with Crippen molar-refractivity contribution >= 4 is 0 Å². The van der Waals surface area contributed by atoms with Crippen LogP contribution in [0.2, 0.25) is 0 Å². The zero-order valence-electron chi connectivity index (χ0n) is 14.0. The van der Waals surface area contributed by atoms with E-state index in [0.29, 0.717) is 18.1 Å². The van der Waals surface area contributed by atoms with E-state index in [0.717, 1.165) is 25.7 Å². The second-order valence-corrected chi connectivity index (χ2v) is 6.08. The SMILES string of the molecule is CCC1CCC(NC)C(N(CCOC)C(C)COC)C1. The monoisotopic (exact) mass is 286 g/mol. The first-order valence-corrected chi connectivity index (χ1v) is 8.08. The summed E-state index contributed by atoms with van der Waals surface area (Å²) in [5.41, 5.74) is 0. The van der Waals surface area contributed by atoms with Gasteiger partial charge in [-0.3, -0.25) is 4.90 Å². The molecule has 20 heavy (non-hydrogen) atoms. The van der Waals surface area contributed by atoms with E-state index in [1.54, 1.807) is 14.2 Å². The van der Waals surface area contributed by atoms with Gasteiger partial charge in [0.25, 0.3) is 0 Å². The standard InChI is InChI=1S/C16H34N2O2/c1-6-14-7-8-15(17-3)16(11-14)18(9-10-19-4)13(2)12-20-5/h13-17H,6-12H2,1-5H3. The highest BCUT2D eigenvalue weighted by atomic mass is 16.5. The van der Waals surface area contributed by atoms with Crippen LogP contribution in [0.5, 0.6) is 0 Å². The van der Waals surface area contributed by atoms with E-state index in [1.165, 1.54) is 25.7 Å². The largest absolute Gasteiger partial charge is 0.383 e. The van der Waals surface area contributed by atoms with Crippen molar-refractivity contribution in [2.75, 3.05) is 41.0 Å². The van der Waals surface area contributed by atoms with Crippen LogP contribution in [-0.4, -0.2) is 64.1 Å². The van der Waals surface area contributed by atoms with Crippen LogP contribution in [0.4, 0.5) is 0 Å². The lowest BCUT2D eigenvalue weighted by Gasteiger charge is -2.45. The van der Waals surface area contributed by atoms with Crippen LogP contribution in [0.1, 0.15) is 39.5 Å². The fraction of sp³-hybridized carbons (Fsp3) is 1.00. The van der Waals surface area contributed by atoms with E-state index < -0.39 is 0 Å². The van der Waals surface area contributed by atoms with Gasteiger partial charge in [-0.15, -0.1) is 0 Å². The summed E-state index contributed by atoms with van der Waals surface area (Å²) in [6.07, 6.45) is 5.22. The van der Waals surface area contributed by atoms with Gasteiger partial charge in [0, 0.05) is 38.9 Å². The predicted octanol–water partition coefficient (Wildman–Crippen LogP) is 2.14. The van der Waals surface area contributed by atoms with Crippen LogP contribution in [0, 0.1) is 5.92 Å². The number of likely N-dealkylation sites (N-methyl/N-ethyl adjacent to an activating group) is 1. The average Bonchev–Trinajstić information content (AvgIpc) is 2.47. The van der Waals surface area contributed by atoms with Crippen molar-refractivity contribution in [2.24, 2.45) is 5.92 Å². The lowest BCUT2D eigenvalue weighted by atomic mass is 9.80. The van der Waals surface area contributed by atoms with Crippen LogP contribution in [-0.2, 0) is 9.47 Å². The number of hydrogen-bond acceptors (Lipinski definition) is 4. The molecule has 1 rings (SSSR count). The third-order valence-electron chi connectivity index (χ3n) is 4.83. The summed E-state index contributed by atoms with van der Waals surface area (Å²) in [6, 6.07) is 1.62. The Morgan fingerprint density at radius 1 is 1.25 bits per heavy atom. The van der Waals surface area contributed by atoms with Crippen LogP contribution >= 0.6 is 0 Å². The van der Waals surface area contributed by atoms with Crippen molar-refractivity contribution in [1.29, 1.82) is 0 Å². The molecule has 0 spiro atoms. The van der Waals surface area contributed by atoms with Gasteiger partial charge < -0.3 is 14.8 Å². The molecule has 4 heteroatoms. The van der Waals surface area contributed by atoms with E-state index in [9.17, 15) is 0 Å². The molecule has 1 aliphatic carbocycles. The van der Waals surface area contributed by atoms with Crippen molar-refractivity contribution < 1.29 is 9.47 Å². The van der Waals surface area contributed by atoms with Gasteiger partial charge in [-0.25, -0.2) is 0 Å². The van der Waals surface area contributed by atoms with Crippen LogP contribution in [0.3, 0.4) is 0 Å².